The first-order valence-corrected chi connectivity index (χ1v) is 9.63. The van der Waals surface area contributed by atoms with Crippen LogP contribution in [0.1, 0.15) is 44.1 Å². The zero-order chi connectivity index (χ0) is 17.1. The Hall–Kier alpha value is -1.75. The largest absolute Gasteiger partial charge is 0.486 e. The summed E-state index contributed by atoms with van der Waals surface area (Å²) in [6.07, 6.45) is 7.27. The van der Waals surface area contributed by atoms with Crippen LogP contribution >= 0.6 is 0 Å². The molecule has 5 heteroatoms. The fourth-order valence-electron chi connectivity index (χ4n) is 4.03. The maximum absolute atomic E-state index is 12.2. The molecule has 0 radical (unpaired) electrons. The highest BCUT2D eigenvalue weighted by molar-refractivity contribution is 5.78. The second kappa shape index (κ2) is 7.24. The Labute approximate surface area is 149 Å². The van der Waals surface area contributed by atoms with E-state index in [1.807, 2.05) is 6.07 Å². The second-order valence-electron chi connectivity index (χ2n) is 7.70. The number of fused-ring (bicyclic) bond motifs is 1. The van der Waals surface area contributed by atoms with Crippen molar-refractivity contribution in [3.05, 3.63) is 23.8 Å². The molecule has 1 heterocycles. The molecule has 0 atom stereocenters. The predicted molar refractivity (Wildman–Crippen MR) is 96.2 cm³/mol. The third kappa shape index (κ3) is 3.92. The Bertz CT molecular complexity index is 621. The van der Waals surface area contributed by atoms with Crippen molar-refractivity contribution in [3.8, 4) is 11.5 Å². The summed E-state index contributed by atoms with van der Waals surface area (Å²) in [6.45, 7) is 3.32. The van der Waals surface area contributed by atoms with Crippen LogP contribution in [0.4, 0.5) is 0 Å². The lowest BCUT2D eigenvalue weighted by molar-refractivity contribution is -0.120. The highest BCUT2D eigenvalue weighted by Crippen LogP contribution is 2.43. The van der Waals surface area contributed by atoms with Gasteiger partial charge in [-0.3, -0.25) is 4.79 Å². The molecule has 1 amide bonds. The lowest BCUT2D eigenvalue weighted by Gasteiger charge is -2.31. The number of rotatable bonds is 7. The Morgan fingerprint density at radius 2 is 1.88 bits per heavy atom. The number of carbonyl (C=O) groups excluding carboxylic acids is 1. The summed E-state index contributed by atoms with van der Waals surface area (Å²) in [6, 6.07) is 6.29. The molecular weight excluding hydrogens is 316 g/mol. The van der Waals surface area contributed by atoms with Gasteiger partial charge >= 0.3 is 0 Å². The molecule has 5 nitrogen and oxygen atoms in total. The summed E-state index contributed by atoms with van der Waals surface area (Å²) in [5.74, 6) is 2.57. The van der Waals surface area contributed by atoms with Crippen molar-refractivity contribution in [1.29, 1.82) is 0 Å². The maximum Gasteiger partial charge on any atom is 0.233 e. The molecule has 0 unspecified atom stereocenters. The van der Waals surface area contributed by atoms with Crippen LogP contribution in [0.5, 0.6) is 11.5 Å². The molecule has 2 fully saturated rings. The summed E-state index contributed by atoms with van der Waals surface area (Å²) in [5, 5.41) is 6.43. The van der Waals surface area contributed by atoms with E-state index in [2.05, 4.69) is 22.8 Å². The Balaban J connectivity index is 1.39. The average molecular weight is 344 g/mol. The van der Waals surface area contributed by atoms with E-state index in [9.17, 15) is 4.79 Å². The van der Waals surface area contributed by atoms with Crippen molar-refractivity contribution < 1.29 is 14.3 Å². The van der Waals surface area contributed by atoms with Crippen molar-refractivity contribution in [1.82, 2.24) is 10.6 Å². The Kier molecular flexibility index (Phi) is 4.84. The quantitative estimate of drug-likeness (QED) is 0.797. The molecule has 1 aliphatic heterocycles. The molecular formula is C20H28N2O3. The van der Waals surface area contributed by atoms with E-state index in [-0.39, 0.29) is 11.3 Å². The molecule has 25 heavy (non-hydrogen) atoms. The number of benzene rings is 1. The zero-order valence-electron chi connectivity index (χ0n) is 14.8. The van der Waals surface area contributed by atoms with Gasteiger partial charge < -0.3 is 20.1 Å². The van der Waals surface area contributed by atoms with Gasteiger partial charge in [0, 0.05) is 12.0 Å². The van der Waals surface area contributed by atoms with E-state index in [0.717, 1.165) is 36.8 Å². The number of hydrogen-bond acceptors (Lipinski definition) is 4. The van der Waals surface area contributed by atoms with Crippen LogP contribution in [0.3, 0.4) is 0 Å². The molecule has 1 aromatic rings. The van der Waals surface area contributed by atoms with E-state index in [1.54, 1.807) is 0 Å². The summed E-state index contributed by atoms with van der Waals surface area (Å²) in [7, 11) is 0. The topological polar surface area (TPSA) is 59.6 Å². The van der Waals surface area contributed by atoms with Crippen LogP contribution < -0.4 is 20.1 Å². The molecule has 0 bridgehead atoms. The summed E-state index contributed by atoms with van der Waals surface area (Å²) >= 11 is 0. The monoisotopic (exact) mass is 344 g/mol. The van der Waals surface area contributed by atoms with Crippen molar-refractivity contribution in [2.24, 2.45) is 5.92 Å². The van der Waals surface area contributed by atoms with Crippen LogP contribution in [0, 0.1) is 5.92 Å². The first kappa shape index (κ1) is 16.7. The van der Waals surface area contributed by atoms with E-state index >= 15 is 0 Å². The molecule has 0 saturated heterocycles. The summed E-state index contributed by atoms with van der Waals surface area (Å²) in [5.41, 5.74) is 1.29. The van der Waals surface area contributed by atoms with Crippen molar-refractivity contribution >= 4 is 5.91 Å². The van der Waals surface area contributed by atoms with Crippen LogP contribution in [-0.4, -0.2) is 38.8 Å². The van der Waals surface area contributed by atoms with Gasteiger partial charge in [0.05, 0.1) is 6.54 Å². The number of amides is 1. The predicted octanol–water partition coefficient (Wildman–Crippen LogP) is 2.39. The van der Waals surface area contributed by atoms with Gasteiger partial charge in [-0.25, -0.2) is 0 Å². The van der Waals surface area contributed by atoms with Gasteiger partial charge in [-0.2, -0.15) is 0 Å². The molecule has 1 aromatic carbocycles. The standard InChI is InChI=1S/C20H28N2O3/c23-19(13-21-12-15-3-4-15)22-14-20(7-1-2-8-20)16-5-6-17-18(11-16)25-10-9-24-17/h5-6,11,15,21H,1-4,7-10,12-14H2,(H,22,23). The Morgan fingerprint density at radius 1 is 1.12 bits per heavy atom. The van der Waals surface area contributed by atoms with E-state index in [0.29, 0.717) is 26.3 Å². The molecule has 0 aromatic heterocycles. The van der Waals surface area contributed by atoms with Crippen LogP contribution in [0.2, 0.25) is 0 Å². The van der Waals surface area contributed by atoms with E-state index in [1.165, 1.54) is 31.2 Å². The summed E-state index contributed by atoms with van der Waals surface area (Å²) in [4.78, 5) is 12.2. The highest BCUT2D eigenvalue weighted by atomic mass is 16.6. The Morgan fingerprint density at radius 3 is 2.64 bits per heavy atom. The fourth-order valence-corrected chi connectivity index (χ4v) is 4.03. The molecule has 0 spiro atoms. The third-order valence-electron chi connectivity index (χ3n) is 5.75. The minimum atomic E-state index is 0.0298. The van der Waals surface area contributed by atoms with Gasteiger partial charge in [0.15, 0.2) is 11.5 Å². The van der Waals surface area contributed by atoms with Gasteiger partial charge in [-0.15, -0.1) is 0 Å². The first-order chi connectivity index (χ1) is 12.3. The number of ether oxygens (including phenoxy) is 2. The zero-order valence-corrected chi connectivity index (χ0v) is 14.8. The lowest BCUT2D eigenvalue weighted by Crippen LogP contribution is -2.42. The minimum absolute atomic E-state index is 0.0298. The number of carbonyl (C=O) groups is 1. The molecule has 2 saturated carbocycles. The molecule has 2 aliphatic carbocycles. The molecule has 4 rings (SSSR count). The molecule has 136 valence electrons. The first-order valence-electron chi connectivity index (χ1n) is 9.63. The van der Waals surface area contributed by atoms with E-state index in [4.69, 9.17) is 9.47 Å². The van der Waals surface area contributed by atoms with Crippen molar-refractivity contribution in [3.63, 3.8) is 0 Å². The molecule has 3 aliphatic rings. The fraction of sp³-hybridized carbons (Fsp3) is 0.650. The van der Waals surface area contributed by atoms with Gasteiger partial charge in [0.2, 0.25) is 5.91 Å². The van der Waals surface area contributed by atoms with Crippen LogP contribution in [0.15, 0.2) is 18.2 Å². The van der Waals surface area contributed by atoms with Gasteiger partial charge in [-0.05, 0) is 55.8 Å². The average Bonchev–Trinajstić information content (AvgIpc) is 3.34. The third-order valence-corrected chi connectivity index (χ3v) is 5.75. The second-order valence-corrected chi connectivity index (χ2v) is 7.70. The molecule has 2 N–H and O–H groups in total. The lowest BCUT2D eigenvalue weighted by atomic mass is 9.78. The van der Waals surface area contributed by atoms with E-state index < -0.39 is 0 Å². The highest BCUT2D eigenvalue weighted by Gasteiger charge is 2.36. The normalized spacial score (nSPS) is 21.1. The van der Waals surface area contributed by atoms with Gasteiger partial charge in [0.25, 0.3) is 0 Å². The summed E-state index contributed by atoms with van der Waals surface area (Å²) < 4.78 is 11.4. The van der Waals surface area contributed by atoms with Gasteiger partial charge in [0.1, 0.15) is 13.2 Å². The SMILES string of the molecule is O=C(CNCC1CC1)NCC1(c2ccc3c(c2)OCCO3)CCCC1. The van der Waals surface area contributed by atoms with Crippen LogP contribution in [-0.2, 0) is 10.2 Å². The smallest absolute Gasteiger partial charge is 0.233 e. The van der Waals surface area contributed by atoms with Crippen molar-refractivity contribution in [2.75, 3.05) is 32.8 Å². The maximum atomic E-state index is 12.2. The minimum Gasteiger partial charge on any atom is -0.486 e. The van der Waals surface area contributed by atoms with Gasteiger partial charge in [-0.1, -0.05) is 18.9 Å². The van der Waals surface area contributed by atoms with Crippen molar-refractivity contribution in [2.45, 2.75) is 43.9 Å². The number of nitrogens with one attached hydrogen (secondary N) is 2. The van der Waals surface area contributed by atoms with Crippen LogP contribution in [0.25, 0.3) is 0 Å². The number of hydrogen-bond donors (Lipinski definition) is 2.